The van der Waals surface area contributed by atoms with Gasteiger partial charge in [0, 0.05) is 25.0 Å². The zero-order chi connectivity index (χ0) is 12.3. The van der Waals surface area contributed by atoms with E-state index >= 15 is 0 Å². The molecular weight excluding hydrogens is 321 g/mol. The minimum Gasteiger partial charge on any atom is -1.00 e. The summed E-state index contributed by atoms with van der Waals surface area (Å²) in [7, 11) is 0. The van der Waals surface area contributed by atoms with Crippen LogP contribution in [0.5, 0.6) is 0 Å². The lowest BCUT2D eigenvalue weighted by Crippen LogP contribution is -3.00. The Hall–Kier alpha value is -0.380. The zero-order valence-electron chi connectivity index (χ0n) is 11.8. The molecule has 0 radical (unpaired) electrons. The largest absolute Gasteiger partial charge is 1.00 e. The summed E-state index contributed by atoms with van der Waals surface area (Å²) in [6.45, 7) is 13.2. The molecule has 0 fully saturated rings. The molecule has 0 spiro atoms. The molecule has 0 aliphatic carbocycles. The number of para-hydroxylation sites is 1. The normalized spacial score (nSPS) is 10.4. The summed E-state index contributed by atoms with van der Waals surface area (Å²) in [4.78, 5) is 3.52. The van der Waals surface area contributed by atoms with Gasteiger partial charge in [0.05, 0.1) is 0 Å². The third-order valence-corrected chi connectivity index (χ3v) is 2.75. The number of hydrogen-bond acceptors (Lipinski definition) is 0. The van der Waals surface area contributed by atoms with Gasteiger partial charge in [0.2, 0.25) is 5.69 Å². The summed E-state index contributed by atoms with van der Waals surface area (Å²) in [5.41, 5.74) is 5.38. The Kier molecular flexibility index (Phi) is 6.98. The SMILES string of the molecule is CC(C)=[NH+]c1c(C(C)C)cccc1C(C)C.[I-]. The van der Waals surface area contributed by atoms with Gasteiger partial charge in [0.15, 0.2) is 0 Å². The van der Waals surface area contributed by atoms with Crippen LogP contribution in [0.25, 0.3) is 0 Å². The number of hydrogen-bond donors (Lipinski definition) is 1. The molecule has 0 saturated heterocycles. The van der Waals surface area contributed by atoms with Crippen LogP contribution in [0.4, 0.5) is 5.69 Å². The van der Waals surface area contributed by atoms with E-state index in [1.54, 1.807) is 0 Å². The molecule has 0 aliphatic heterocycles. The molecule has 2 heteroatoms. The molecular formula is C15H24IN. The van der Waals surface area contributed by atoms with Crippen LogP contribution in [0.15, 0.2) is 18.2 Å². The van der Waals surface area contributed by atoms with E-state index in [1.807, 2.05) is 0 Å². The maximum atomic E-state index is 3.52. The Morgan fingerprint density at radius 2 is 1.35 bits per heavy atom. The fourth-order valence-corrected chi connectivity index (χ4v) is 1.95. The van der Waals surface area contributed by atoms with Crippen molar-refractivity contribution < 1.29 is 29.0 Å². The molecule has 96 valence electrons. The van der Waals surface area contributed by atoms with E-state index in [0.29, 0.717) is 11.8 Å². The van der Waals surface area contributed by atoms with Crippen LogP contribution in [0.3, 0.4) is 0 Å². The first kappa shape index (κ1) is 16.6. The fourth-order valence-electron chi connectivity index (χ4n) is 1.95. The molecule has 1 nitrogen and oxygen atoms in total. The van der Waals surface area contributed by atoms with E-state index in [1.165, 1.54) is 22.5 Å². The van der Waals surface area contributed by atoms with Crippen LogP contribution in [0, 0.1) is 0 Å². The summed E-state index contributed by atoms with van der Waals surface area (Å²) in [6.07, 6.45) is 0. The molecule has 1 N–H and O–H groups in total. The standard InChI is InChI=1S/C15H23N.HI/c1-10(2)13-8-7-9-14(11(3)4)15(13)16-12(5)6;/h7-11H,1-6H3;1H. The van der Waals surface area contributed by atoms with Crippen LogP contribution in [-0.2, 0) is 0 Å². The molecule has 0 bridgehead atoms. The third-order valence-electron chi connectivity index (χ3n) is 2.75. The maximum Gasteiger partial charge on any atom is 0.210 e. The lowest BCUT2D eigenvalue weighted by Gasteiger charge is -2.12. The van der Waals surface area contributed by atoms with Gasteiger partial charge in [-0.05, 0) is 11.8 Å². The highest BCUT2D eigenvalue weighted by atomic mass is 127. The van der Waals surface area contributed by atoms with E-state index in [0.717, 1.165) is 0 Å². The van der Waals surface area contributed by atoms with Crippen molar-refractivity contribution in [2.75, 3.05) is 0 Å². The van der Waals surface area contributed by atoms with Crippen LogP contribution < -0.4 is 29.0 Å². The average molecular weight is 345 g/mol. The van der Waals surface area contributed by atoms with Gasteiger partial charge in [-0.25, -0.2) is 4.99 Å². The molecule has 0 atom stereocenters. The molecule has 0 aliphatic rings. The van der Waals surface area contributed by atoms with E-state index in [2.05, 4.69) is 64.7 Å². The number of nitrogens with one attached hydrogen (secondary N) is 1. The van der Waals surface area contributed by atoms with Gasteiger partial charge in [-0.3, -0.25) is 0 Å². The zero-order valence-corrected chi connectivity index (χ0v) is 13.9. The van der Waals surface area contributed by atoms with Gasteiger partial charge in [-0.2, -0.15) is 0 Å². The molecule has 1 aromatic carbocycles. The second kappa shape index (κ2) is 7.14. The van der Waals surface area contributed by atoms with Crippen molar-refractivity contribution in [1.82, 2.24) is 0 Å². The second-order valence-electron chi connectivity index (χ2n) is 5.25. The molecule has 0 heterocycles. The van der Waals surface area contributed by atoms with E-state index in [-0.39, 0.29) is 24.0 Å². The number of benzene rings is 1. The lowest BCUT2D eigenvalue weighted by molar-refractivity contribution is -0.356. The molecule has 1 rings (SSSR count). The highest BCUT2D eigenvalue weighted by Gasteiger charge is 2.17. The number of rotatable bonds is 3. The van der Waals surface area contributed by atoms with Crippen molar-refractivity contribution in [3.8, 4) is 0 Å². The van der Waals surface area contributed by atoms with Crippen molar-refractivity contribution in [2.24, 2.45) is 0 Å². The first-order valence-electron chi connectivity index (χ1n) is 6.13. The molecule has 0 unspecified atom stereocenters. The maximum absolute atomic E-state index is 3.52. The minimum absolute atomic E-state index is 0. The Morgan fingerprint density at radius 1 is 0.941 bits per heavy atom. The Bertz CT molecular complexity index is 362. The van der Waals surface area contributed by atoms with Crippen molar-refractivity contribution in [3.63, 3.8) is 0 Å². The summed E-state index contributed by atoms with van der Waals surface area (Å²) in [6, 6.07) is 6.62. The summed E-state index contributed by atoms with van der Waals surface area (Å²) >= 11 is 0. The Labute approximate surface area is 123 Å². The van der Waals surface area contributed by atoms with Crippen molar-refractivity contribution in [1.29, 1.82) is 0 Å². The van der Waals surface area contributed by atoms with Gasteiger partial charge in [-0.15, -0.1) is 0 Å². The van der Waals surface area contributed by atoms with Crippen molar-refractivity contribution in [2.45, 2.75) is 53.4 Å². The topological polar surface area (TPSA) is 14.0 Å². The summed E-state index contributed by atoms with van der Waals surface area (Å²) < 4.78 is 0. The monoisotopic (exact) mass is 345 g/mol. The van der Waals surface area contributed by atoms with E-state index in [4.69, 9.17) is 0 Å². The minimum atomic E-state index is 0. The van der Waals surface area contributed by atoms with Crippen LogP contribution in [0.2, 0.25) is 0 Å². The van der Waals surface area contributed by atoms with Gasteiger partial charge in [0.25, 0.3) is 0 Å². The van der Waals surface area contributed by atoms with Gasteiger partial charge in [-0.1, -0.05) is 45.9 Å². The van der Waals surface area contributed by atoms with Crippen molar-refractivity contribution >= 4 is 11.4 Å². The van der Waals surface area contributed by atoms with Crippen molar-refractivity contribution in [3.05, 3.63) is 29.3 Å². The van der Waals surface area contributed by atoms with E-state index in [9.17, 15) is 0 Å². The van der Waals surface area contributed by atoms with Crippen LogP contribution >= 0.6 is 0 Å². The fraction of sp³-hybridized carbons (Fsp3) is 0.533. The predicted octanol–water partition coefficient (Wildman–Crippen LogP) is 0.130. The second-order valence-corrected chi connectivity index (χ2v) is 5.25. The summed E-state index contributed by atoms with van der Waals surface area (Å²) in [5.74, 6) is 1.11. The molecule has 0 amide bonds. The Balaban J connectivity index is 0.00000256. The average Bonchev–Trinajstić information content (AvgIpc) is 2.16. The Morgan fingerprint density at radius 3 is 1.65 bits per heavy atom. The first-order valence-corrected chi connectivity index (χ1v) is 6.13. The highest BCUT2D eigenvalue weighted by Crippen LogP contribution is 2.28. The van der Waals surface area contributed by atoms with Gasteiger partial charge in [0.1, 0.15) is 5.71 Å². The smallest absolute Gasteiger partial charge is 0.210 e. The van der Waals surface area contributed by atoms with Crippen LogP contribution in [0.1, 0.15) is 64.5 Å². The lowest BCUT2D eigenvalue weighted by atomic mass is 9.93. The first-order chi connectivity index (χ1) is 7.43. The molecule has 0 saturated carbocycles. The highest BCUT2D eigenvalue weighted by molar-refractivity contribution is 5.74. The van der Waals surface area contributed by atoms with Gasteiger partial charge < -0.3 is 24.0 Å². The molecule has 1 aromatic rings. The quantitative estimate of drug-likeness (QED) is 0.592. The predicted molar refractivity (Wildman–Crippen MR) is 71.6 cm³/mol. The van der Waals surface area contributed by atoms with Gasteiger partial charge >= 0.3 is 0 Å². The third kappa shape index (κ3) is 4.41. The number of halogens is 1. The van der Waals surface area contributed by atoms with E-state index < -0.39 is 0 Å². The van der Waals surface area contributed by atoms with Crippen LogP contribution in [-0.4, -0.2) is 5.71 Å². The summed E-state index contributed by atoms with van der Waals surface area (Å²) in [5, 5.41) is 0. The molecule has 17 heavy (non-hydrogen) atoms. The molecule has 0 aromatic heterocycles.